The van der Waals surface area contributed by atoms with Crippen LogP contribution in [0.2, 0.25) is 0 Å². The molecule has 0 aliphatic heterocycles. The molecule has 0 fully saturated rings. The normalized spacial score (nSPS) is 9.83. The fraction of sp³-hybridized carbons (Fsp3) is 0. The summed E-state index contributed by atoms with van der Waals surface area (Å²) in [6.07, 6.45) is 0. The van der Waals surface area contributed by atoms with E-state index in [-0.39, 0.29) is 120 Å². The average molecular weight is 652 g/mol. The number of phosphoric acid groups is 3. The summed E-state index contributed by atoms with van der Waals surface area (Å²) in [5, 5.41) is 0. The van der Waals surface area contributed by atoms with Gasteiger partial charge in [0.2, 0.25) is 0 Å². The van der Waals surface area contributed by atoms with Gasteiger partial charge in [0.1, 0.15) is 0 Å². The average Bonchev–Trinajstić information content (AvgIpc) is 1.41. The van der Waals surface area contributed by atoms with Crippen molar-refractivity contribution in [2.24, 2.45) is 0 Å². The van der Waals surface area contributed by atoms with E-state index in [2.05, 4.69) is 0 Å². The topological polar surface area (TPSA) is 259 Å². The molecule has 0 bridgehead atoms. The monoisotopic (exact) mass is 654 g/mol. The first kappa shape index (κ1) is 38.0. The zero-order valence-electron chi connectivity index (χ0n) is 8.10. The Morgan fingerprint density at radius 1 is 0.444 bits per heavy atom. The second kappa shape index (κ2) is 17.6. The Hall–Kier alpha value is 4.21. The Morgan fingerprint density at radius 2 is 0.444 bits per heavy atom. The summed E-state index contributed by atoms with van der Waals surface area (Å²) >= 11 is 0. The second-order valence-corrected chi connectivity index (χ2v) is 4.02. The third-order valence-electron chi connectivity index (χ3n) is 0. The van der Waals surface area contributed by atoms with E-state index in [0.29, 0.717) is 0 Å². The van der Waals surface area contributed by atoms with Crippen LogP contribution < -0.4 is 44.0 Å². The van der Waals surface area contributed by atoms with Gasteiger partial charge in [0.15, 0.2) is 0 Å². The van der Waals surface area contributed by atoms with E-state index < -0.39 is 23.5 Å². The molecule has 0 rings (SSSR count). The van der Waals surface area contributed by atoms with E-state index in [9.17, 15) is 0 Å². The first-order valence-electron chi connectivity index (χ1n) is 2.19. The van der Waals surface area contributed by atoms with Gasteiger partial charge in [-0.15, -0.1) is 0 Å². The fourth-order valence-electron chi connectivity index (χ4n) is 0. The third kappa shape index (κ3) is 420. The van der Waals surface area contributed by atoms with Crippen molar-refractivity contribution in [2.45, 2.75) is 0 Å². The Morgan fingerprint density at radius 3 is 0.444 bits per heavy atom. The molecule has 0 aliphatic carbocycles. The van der Waals surface area contributed by atoms with Crippen LogP contribution in [0, 0.1) is 0 Å². The predicted molar refractivity (Wildman–Crippen MR) is 34.3 cm³/mol. The zero-order valence-corrected chi connectivity index (χ0v) is 21.9. The minimum atomic E-state index is -5.39. The van der Waals surface area contributed by atoms with Gasteiger partial charge in [-0.3, -0.25) is 0 Å². The largest absolute Gasteiger partial charge is 5.00 e. The molecule has 0 aromatic rings. The van der Waals surface area contributed by atoms with Crippen molar-refractivity contribution < 1.29 is 80.1 Å². The van der Waals surface area contributed by atoms with Gasteiger partial charge < -0.3 is 57.7 Å². The van der Waals surface area contributed by atoms with Crippen molar-refractivity contribution in [1.82, 2.24) is 0 Å². The van der Waals surface area contributed by atoms with Gasteiger partial charge in [-0.2, -0.15) is 23.5 Å². The number of hydrogen-bond acceptors (Lipinski definition) is 12. The van der Waals surface area contributed by atoms with E-state index in [4.69, 9.17) is 57.7 Å². The molecular formula is Ba2NbO12P3. The van der Waals surface area contributed by atoms with Crippen molar-refractivity contribution in [3.8, 4) is 0 Å². The molecule has 0 saturated carbocycles. The minimum absolute atomic E-state index is 0. The van der Waals surface area contributed by atoms with Gasteiger partial charge >= 0.3 is 120 Å². The molecule has 0 spiro atoms. The minimum Gasteiger partial charge on any atom is -0.822 e. The van der Waals surface area contributed by atoms with Gasteiger partial charge in [0.05, 0.1) is 0 Å². The summed E-state index contributed by atoms with van der Waals surface area (Å²) in [5.74, 6) is 0. The molecule has 0 amide bonds. The van der Waals surface area contributed by atoms with Crippen LogP contribution in [0.25, 0.3) is 0 Å². The van der Waals surface area contributed by atoms with Crippen LogP contribution in [-0.4, -0.2) is 97.8 Å². The Kier molecular flexibility index (Phi) is 37.1. The molecule has 12 nitrogen and oxygen atoms in total. The molecule has 0 aromatic carbocycles. The SMILES string of the molecule is O=P([O-])([O-])[O-].O=P([O-])([O-])[O-].O=P([O-])([O-])[O-].[Ba+2].[Ba+2].[Nb+5]. The molecular weight excluding hydrogens is 652 g/mol. The van der Waals surface area contributed by atoms with E-state index in [1.807, 2.05) is 0 Å². The van der Waals surface area contributed by atoms with Crippen LogP contribution in [-0.2, 0) is 36.1 Å². The maximum atomic E-state index is 8.55. The summed E-state index contributed by atoms with van der Waals surface area (Å²) < 4.78 is 25.6. The Balaban J connectivity index is -0.0000000277. The van der Waals surface area contributed by atoms with E-state index in [1.165, 1.54) is 0 Å². The number of hydrogen-bond donors (Lipinski definition) is 0. The van der Waals surface area contributed by atoms with Crippen molar-refractivity contribution in [3.05, 3.63) is 0 Å². The third-order valence-corrected chi connectivity index (χ3v) is 0. The molecule has 0 aliphatic rings. The van der Waals surface area contributed by atoms with Crippen molar-refractivity contribution in [1.29, 1.82) is 0 Å². The molecule has 18 heteroatoms. The maximum Gasteiger partial charge on any atom is 5.00 e. The molecule has 0 radical (unpaired) electrons. The van der Waals surface area contributed by atoms with E-state index in [0.717, 1.165) is 0 Å². The first-order chi connectivity index (χ1) is 6.00. The van der Waals surface area contributed by atoms with Crippen LogP contribution in [0.4, 0.5) is 0 Å². The van der Waals surface area contributed by atoms with Gasteiger partial charge in [0, 0.05) is 0 Å². The first-order valence-corrected chi connectivity index (χ1v) is 6.57. The fourth-order valence-corrected chi connectivity index (χ4v) is 0. The second-order valence-electron chi connectivity index (χ2n) is 1.34. The van der Waals surface area contributed by atoms with Gasteiger partial charge in [0.25, 0.3) is 0 Å². The van der Waals surface area contributed by atoms with Crippen molar-refractivity contribution in [2.75, 3.05) is 0 Å². The summed E-state index contributed by atoms with van der Waals surface area (Å²) in [6.45, 7) is 0. The molecule has 0 unspecified atom stereocenters. The van der Waals surface area contributed by atoms with Gasteiger partial charge in [-0.25, -0.2) is 0 Å². The van der Waals surface area contributed by atoms with Crippen LogP contribution >= 0.6 is 23.5 Å². The van der Waals surface area contributed by atoms with E-state index in [1.54, 1.807) is 0 Å². The summed E-state index contributed by atoms with van der Waals surface area (Å²) in [7, 11) is -16.2. The van der Waals surface area contributed by atoms with Crippen LogP contribution in [0.5, 0.6) is 0 Å². The molecule has 18 heavy (non-hydrogen) atoms. The molecule has 0 saturated heterocycles. The maximum absolute atomic E-state index is 8.55. The Labute approximate surface area is 197 Å². The van der Waals surface area contributed by atoms with Crippen LogP contribution in [0.3, 0.4) is 0 Å². The molecule has 0 heterocycles. The molecule has 0 atom stereocenters. The predicted octanol–water partition coefficient (Wildman–Crippen LogP) is -9.24. The summed E-state index contributed by atoms with van der Waals surface area (Å²) in [4.78, 5) is 76.9. The number of rotatable bonds is 0. The van der Waals surface area contributed by atoms with E-state index >= 15 is 0 Å². The molecule has 0 N–H and O–H groups in total. The molecule has 96 valence electrons. The summed E-state index contributed by atoms with van der Waals surface area (Å²) in [6, 6.07) is 0. The standard InChI is InChI=1S/2Ba.Nb.3H3O4P/c;;;3*1-5(2,3)4/h;;;3*(H3,1,2,3,4)/q2*+2;+5;;;/p-9. The van der Waals surface area contributed by atoms with Gasteiger partial charge in [-0.05, 0) is 0 Å². The zero-order chi connectivity index (χ0) is 13.5. The quantitative estimate of drug-likeness (QED) is 0.175. The smallest absolute Gasteiger partial charge is 0.822 e. The van der Waals surface area contributed by atoms with Gasteiger partial charge in [-0.1, -0.05) is 0 Å². The van der Waals surface area contributed by atoms with Crippen LogP contribution in [0.1, 0.15) is 0 Å². The van der Waals surface area contributed by atoms with Crippen LogP contribution in [0.15, 0.2) is 0 Å². The van der Waals surface area contributed by atoms with Crippen molar-refractivity contribution in [3.63, 3.8) is 0 Å². The summed E-state index contributed by atoms with van der Waals surface area (Å²) in [5.41, 5.74) is 0. The Bertz CT molecular complexity index is 211. The van der Waals surface area contributed by atoms with Crippen molar-refractivity contribution >= 4 is 121 Å². The molecule has 0 aromatic heterocycles.